The number of hydrogen-bond donors (Lipinski definition) is 0. The van der Waals surface area contributed by atoms with Crippen LogP contribution < -0.4 is 0 Å². The smallest absolute Gasteiger partial charge is 0.310 e. The van der Waals surface area contributed by atoms with Crippen molar-refractivity contribution in [1.82, 2.24) is 0 Å². The number of hydrogen-bond acceptors (Lipinski definition) is 5. The van der Waals surface area contributed by atoms with Crippen molar-refractivity contribution in [3.63, 3.8) is 0 Å². The van der Waals surface area contributed by atoms with Crippen LogP contribution in [0.5, 0.6) is 0 Å². The van der Waals surface area contributed by atoms with E-state index in [1.54, 1.807) is 6.92 Å². The lowest BCUT2D eigenvalue weighted by Gasteiger charge is -2.45. The van der Waals surface area contributed by atoms with Crippen molar-refractivity contribution in [3.8, 4) is 0 Å². The molecule has 1 fully saturated rings. The number of cyclic esters (lactones) is 1. The molecule has 0 aromatic rings. The molecule has 3 atom stereocenters. The van der Waals surface area contributed by atoms with Crippen LogP contribution in [0.15, 0.2) is 11.8 Å². The average Bonchev–Trinajstić information content (AvgIpc) is 2.80. The van der Waals surface area contributed by atoms with E-state index in [9.17, 15) is 9.59 Å². The molecule has 5 nitrogen and oxygen atoms in total. The van der Waals surface area contributed by atoms with Gasteiger partial charge in [-0.1, -0.05) is 41.5 Å². The van der Waals surface area contributed by atoms with E-state index in [0.717, 1.165) is 5.76 Å². The number of allylic oxidation sites excluding steroid dienone is 1. The molecule has 29 heavy (non-hydrogen) atoms. The molecule has 166 valence electrons. The quantitative estimate of drug-likeness (QED) is 0.375. The zero-order valence-electron chi connectivity index (χ0n) is 19.7. The topological polar surface area (TPSA) is 61.8 Å². The maximum absolute atomic E-state index is 12.7. The first kappa shape index (κ1) is 24.0. The highest BCUT2D eigenvalue weighted by Crippen LogP contribution is 2.51. The van der Waals surface area contributed by atoms with Gasteiger partial charge in [0.15, 0.2) is 0 Å². The van der Waals surface area contributed by atoms with E-state index in [1.165, 1.54) is 0 Å². The number of ether oxygens (including phenoxy) is 2. The highest BCUT2D eigenvalue weighted by molar-refractivity contribution is 6.77. The van der Waals surface area contributed by atoms with Crippen molar-refractivity contribution < 1.29 is 23.5 Å². The lowest BCUT2D eigenvalue weighted by molar-refractivity contribution is -0.150. The third-order valence-corrected chi connectivity index (χ3v) is 12.9. The van der Waals surface area contributed by atoms with Gasteiger partial charge in [0.25, 0.3) is 8.32 Å². The summed E-state index contributed by atoms with van der Waals surface area (Å²) in [5.41, 5.74) is 0.777. The van der Waals surface area contributed by atoms with Crippen molar-refractivity contribution in [1.29, 1.82) is 0 Å². The van der Waals surface area contributed by atoms with E-state index in [1.807, 2.05) is 13.8 Å². The molecular weight excluding hydrogens is 384 g/mol. The molecule has 2 aliphatic rings. The molecule has 0 spiro atoms. The monoisotopic (exact) mass is 424 g/mol. The highest BCUT2D eigenvalue weighted by Gasteiger charge is 2.56. The number of fused-ring (bicyclic) bond motifs is 1. The molecule has 1 aliphatic heterocycles. The lowest BCUT2D eigenvalue weighted by Crippen LogP contribution is -2.48. The largest absolute Gasteiger partial charge is 0.546 e. The first-order valence-corrected chi connectivity index (χ1v) is 13.3. The van der Waals surface area contributed by atoms with Gasteiger partial charge in [0, 0.05) is 18.8 Å². The average molecular weight is 425 g/mol. The fourth-order valence-corrected chi connectivity index (χ4v) is 11.0. The highest BCUT2D eigenvalue weighted by atomic mass is 28.4. The molecule has 0 radical (unpaired) electrons. The Kier molecular flexibility index (Phi) is 7.29. The van der Waals surface area contributed by atoms with E-state index >= 15 is 0 Å². The minimum Gasteiger partial charge on any atom is -0.546 e. The van der Waals surface area contributed by atoms with Crippen LogP contribution in [0, 0.1) is 17.8 Å². The van der Waals surface area contributed by atoms with Crippen LogP contribution in [0.25, 0.3) is 0 Å². The molecule has 0 saturated carbocycles. The molecule has 6 heteroatoms. The van der Waals surface area contributed by atoms with E-state index in [2.05, 4.69) is 47.6 Å². The summed E-state index contributed by atoms with van der Waals surface area (Å²) in [6.07, 6.45) is 2.94. The fraction of sp³-hybridized carbons (Fsp3) is 0.826. The van der Waals surface area contributed by atoms with Crippen LogP contribution >= 0.6 is 0 Å². The molecule has 0 amide bonds. The summed E-state index contributed by atoms with van der Waals surface area (Å²) in [7, 11) is -2.12. The first-order chi connectivity index (χ1) is 13.4. The van der Waals surface area contributed by atoms with Crippen LogP contribution in [0.2, 0.25) is 16.6 Å². The summed E-state index contributed by atoms with van der Waals surface area (Å²) < 4.78 is 17.8. The summed E-state index contributed by atoms with van der Waals surface area (Å²) in [6.45, 7) is 19.6. The van der Waals surface area contributed by atoms with E-state index in [-0.39, 0.29) is 36.1 Å². The maximum atomic E-state index is 12.7. The third kappa shape index (κ3) is 4.57. The van der Waals surface area contributed by atoms with Gasteiger partial charge in [-0.25, -0.2) is 0 Å². The Morgan fingerprint density at radius 1 is 1.17 bits per heavy atom. The second-order valence-corrected chi connectivity index (χ2v) is 15.5. The molecule has 2 rings (SSSR count). The number of carbonyl (C=O) groups is 2. The van der Waals surface area contributed by atoms with Crippen LogP contribution in [0.1, 0.15) is 75.2 Å². The molecule has 0 N–H and O–H groups in total. The second-order valence-electron chi connectivity index (χ2n) is 10.1. The van der Waals surface area contributed by atoms with Crippen molar-refractivity contribution in [2.24, 2.45) is 17.8 Å². The van der Waals surface area contributed by atoms with Crippen LogP contribution in [-0.4, -0.2) is 32.5 Å². The van der Waals surface area contributed by atoms with Crippen LogP contribution in [0.4, 0.5) is 0 Å². The zero-order valence-corrected chi connectivity index (χ0v) is 20.7. The third-order valence-electron chi connectivity index (χ3n) is 6.91. The van der Waals surface area contributed by atoms with Gasteiger partial charge in [-0.15, -0.1) is 0 Å². The van der Waals surface area contributed by atoms with Crippen molar-refractivity contribution in [2.75, 3.05) is 6.61 Å². The molecule has 1 aliphatic carbocycles. The van der Waals surface area contributed by atoms with Gasteiger partial charge >= 0.3 is 11.9 Å². The molecular formula is C23H40O5Si. The Balaban J connectivity index is 2.42. The maximum Gasteiger partial charge on any atom is 0.310 e. The van der Waals surface area contributed by atoms with Crippen molar-refractivity contribution >= 4 is 20.3 Å². The minimum atomic E-state index is -2.12. The fourth-order valence-electron chi connectivity index (χ4n) is 5.71. The Bertz CT molecular complexity index is 628. The zero-order chi connectivity index (χ0) is 22.1. The summed E-state index contributed by atoms with van der Waals surface area (Å²) >= 11 is 0. The second kappa shape index (κ2) is 8.82. The molecule has 1 heterocycles. The van der Waals surface area contributed by atoms with Gasteiger partial charge in [-0.2, -0.15) is 0 Å². The molecule has 0 bridgehead atoms. The molecule has 0 unspecified atom stereocenters. The molecule has 0 aromatic carbocycles. The Hall–Kier alpha value is -1.30. The Labute approximate surface area is 177 Å². The van der Waals surface area contributed by atoms with Gasteiger partial charge < -0.3 is 13.9 Å². The summed E-state index contributed by atoms with van der Waals surface area (Å²) in [4.78, 5) is 24.9. The van der Waals surface area contributed by atoms with Crippen LogP contribution in [-0.2, 0) is 23.5 Å². The minimum absolute atomic E-state index is 0.0867. The lowest BCUT2D eigenvalue weighted by atomic mass is 9.70. The standard InChI is InChI=1S/C23H40O5Si/c1-10-26-20(24)12-17-11-18(13-19-21(17)22(25)27-23(19,8)9)28-29(14(2)3,15(4)5)16(6)7/h13-17,19,21H,10-12H2,1-9H3/t17-,19-,21-/m1/s1. The number of esters is 2. The summed E-state index contributed by atoms with van der Waals surface area (Å²) in [5.74, 6) is -0.0627. The molecule has 0 aromatic heterocycles. The number of carbonyl (C=O) groups excluding carboxylic acids is 2. The van der Waals surface area contributed by atoms with Crippen LogP contribution in [0.3, 0.4) is 0 Å². The molecule has 1 saturated heterocycles. The predicted molar refractivity (Wildman–Crippen MR) is 117 cm³/mol. The summed E-state index contributed by atoms with van der Waals surface area (Å²) in [5, 5.41) is 0. The normalized spacial score (nSPS) is 26.4. The Morgan fingerprint density at radius 2 is 1.72 bits per heavy atom. The Morgan fingerprint density at radius 3 is 2.21 bits per heavy atom. The van der Waals surface area contributed by atoms with E-state index < -0.39 is 13.9 Å². The van der Waals surface area contributed by atoms with Crippen molar-refractivity contribution in [3.05, 3.63) is 11.8 Å². The number of rotatable bonds is 8. The van der Waals surface area contributed by atoms with E-state index in [4.69, 9.17) is 13.9 Å². The van der Waals surface area contributed by atoms with Gasteiger partial charge in [0.05, 0.1) is 18.3 Å². The van der Waals surface area contributed by atoms with Gasteiger partial charge in [0.1, 0.15) is 5.60 Å². The van der Waals surface area contributed by atoms with Gasteiger partial charge in [-0.05, 0) is 49.4 Å². The summed E-state index contributed by atoms with van der Waals surface area (Å²) in [6, 6.07) is 0. The first-order valence-electron chi connectivity index (χ1n) is 11.1. The van der Waals surface area contributed by atoms with E-state index in [0.29, 0.717) is 29.7 Å². The van der Waals surface area contributed by atoms with Gasteiger partial charge in [-0.3, -0.25) is 9.59 Å². The van der Waals surface area contributed by atoms with Gasteiger partial charge in [0.2, 0.25) is 0 Å². The van der Waals surface area contributed by atoms with Crippen molar-refractivity contribution in [2.45, 2.75) is 97.4 Å². The predicted octanol–water partition coefficient (Wildman–Crippen LogP) is 5.60. The SMILES string of the molecule is CCOC(=O)C[C@H]1CC(O[Si](C(C)C)(C(C)C)C(C)C)=C[C@@H]2[C@@H]1C(=O)OC2(C)C.